The second-order valence-corrected chi connectivity index (χ2v) is 4.18. The van der Waals surface area contributed by atoms with Gasteiger partial charge in [-0.15, -0.1) is 0 Å². The van der Waals surface area contributed by atoms with Gasteiger partial charge in [0.15, 0.2) is 0 Å². The molecule has 0 spiro atoms. The van der Waals surface area contributed by atoms with Crippen molar-refractivity contribution >= 4 is 5.91 Å². The molecule has 0 saturated heterocycles. The van der Waals surface area contributed by atoms with Crippen LogP contribution in [0.1, 0.15) is 27.7 Å². The van der Waals surface area contributed by atoms with Gasteiger partial charge in [0.25, 0.3) is 0 Å². The molecule has 0 saturated carbocycles. The average Bonchev–Trinajstić information content (AvgIpc) is 2.03. The van der Waals surface area contributed by atoms with E-state index >= 15 is 0 Å². The van der Waals surface area contributed by atoms with Crippen LogP contribution in [0.4, 0.5) is 0 Å². The van der Waals surface area contributed by atoms with Crippen LogP contribution in [0.15, 0.2) is 0 Å². The van der Waals surface area contributed by atoms with E-state index in [0.29, 0.717) is 18.4 Å². The molecule has 2 unspecified atom stereocenters. The minimum atomic E-state index is -0.232. The number of hydrogen-bond acceptors (Lipinski definition) is 2. The van der Waals surface area contributed by atoms with Crippen molar-refractivity contribution in [2.24, 2.45) is 23.5 Å². The lowest BCUT2D eigenvalue weighted by atomic mass is 9.98. The van der Waals surface area contributed by atoms with Crippen molar-refractivity contribution in [3.05, 3.63) is 0 Å². The molecule has 0 aliphatic heterocycles. The SMILES string of the molecule is CC(CNCC(C)C(C)C)C(N)=O. The Labute approximate surface area is 81.1 Å². The first-order valence-electron chi connectivity index (χ1n) is 4.95. The Balaban J connectivity index is 3.50. The largest absolute Gasteiger partial charge is 0.369 e. The Morgan fingerprint density at radius 1 is 1.23 bits per heavy atom. The Kier molecular flexibility index (Phi) is 5.71. The highest BCUT2D eigenvalue weighted by atomic mass is 16.1. The minimum Gasteiger partial charge on any atom is -0.369 e. The maximum absolute atomic E-state index is 10.7. The van der Waals surface area contributed by atoms with Crippen molar-refractivity contribution in [2.45, 2.75) is 27.7 Å². The van der Waals surface area contributed by atoms with Crippen LogP contribution in [-0.4, -0.2) is 19.0 Å². The van der Waals surface area contributed by atoms with Crippen LogP contribution in [0.3, 0.4) is 0 Å². The molecule has 0 aliphatic rings. The molecular formula is C10H22N2O. The number of amides is 1. The highest BCUT2D eigenvalue weighted by Crippen LogP contribution is 2.07. The molecule has 13 heavy (non-hydrogen) atoms. The topological polar surface area (TPSA) is 55.1 Å². The van der Waals surface area contributed by atoms with Crippen molar-refractivity contribution in [3.8, 4) is 0 Å². The molecule has 78 valence electrons. The molecule has 0 fully saturated rings. The summed E-state index contributed by atoms with van der Waals surface area (Å²) in [7, 11) is 0. The fourth-order valence-electron chi connectivity index (χ4n) is 0.864. The first kappa shape index (κ1) is 12.4. The molecular weight excluding hydrogens is 164 g/mol. The number of carbonyl (C=O) groups is 1. The molecule has 3 N–H and O–H groups in total. The lowest BCUT2D eigenvalue weighted by Gasteiger charge is -2.17. The van der Waals surface area contributed by atoms with Crippen molar-refractivity contribution in [2.75, 3.05) is 13.1 Å². The summed E-state index contributed by atoms with van der Waals surface area (Å²) in [6.45, 7) is 10.1. The smallest absolute Gasteiger partial charge is 0.221 e. The van der Waals surface area contributed by atoms with E-state index in [1.807, 2.05) is 6.92 Å². The van der Waals surface area contributed by atoms with Crippen molar-refractivity contribution in [3.63, 3.8) is 0 Å². The van der Waals surface area contributed by atoms with Crippen molar-refractivity contribution in [1.29, 1.82) is 0 Å². The van der Waals surface area contributed by atoms with Crippen LogP contribution in [0.25, 0.3) is 0 Å². The summed E-state index contributed by atoms with van der Waals surface area (Å²) < 4.78 is 0. The predicted molar refractivity (Wildman–Crippen MR) is 55.2 cm³/mol. The molecule has 0 aromatic rings. The third-order valence-corrected chi connectivity index (χ3v) is 2.54. The fraction of sp³-hybridized carbons (Fsp3) is 0.900. The van der Waals surface area contributed by atoms with Crippen LogP contribution < -0.4 is 11.1 Å². The zero-order valence-corrected chi connectivity index (χ0v) is 9.13. The Bertz CT molecular complexity index is 157. The summed E-state index contributed by atoms with van der Waals surface area (Å²) in [4.78, 5) is 10.7. The second-order valence-electron chi connectivity index (χ2n) is 4.18. The lowest BCUT2D eigenvalue weighted by Crippen LogP contribution is -2.33. The van der Waals surface area contributed by atoms with Crippen LogP contribution in [0.5, 0.6) is 0 Å². The summed E-state index contributed by atoms with van der Waals surface area (Å²) in [5, 5.41) is 3.25. The second kappa shape index (κ2) is 5.97. The molecule has 0 heterocycles. The van der Waals surface area contributed by atoms with Gasteiger partial charge in [-0.1, -0.05) is 27.7 Å². The van der Waals surface area contributed by atoms with E-state index in [1.54, 1.807) is 0 Å². The zero-order valence-electron chi connectivity index (χ0n) is 9.13. The van der Waals surface area contributed by atoms with E-state index in [-0.39, 0.29) is 11.8 Å². The fourth-order valence-corrected chi connectivity index (χ4v) is 0.864. The summed E-state index contributed by atoms with van der Waals surface area (Å²) >= 11 is 0. The summed E-state index contributed by atoms with van der Waals surface area (Å²) in [5.41, 5.74) is 5.13. The Hall–Kier alpha value is -0.570. The molecule has 0 bridgehead atoms. The molecule has 0 rings (SSSR count). The van der Waals surface area contributed by atoms with Gasteiger partial charge in [-0.3, -0.25) is 4.79 Å². The highest BCUT2D eigenvalue weighted by molar-refractivity contribution is 5.76. The third-order valence-electron chi connectivity index (χ3n) is 2.54. The van der Waals surface area contributed by atoms with Crippen LogP contribution in [0.2, 0.25) is 0 Å². The van der Waals surface area contributed by atoms with Gasteiger partial charge >= 0.3 is 0 Å². The number of rotatable bonds is 6. The van der Waals surface area contributed by atoms with Gasteiger partial charge in [-0.25, -0.2) is 0 Å². The standard InChI is InChI=1S/C10H22N2O/c1-7(2)8(3)5-12-6-9(4)10(11)13/h7-9,12H,5-6H2,1-4H3,(H2,11,13). The molecule has 0 aliphatic carbocycles. The van der Waals surface area contributed by atoms with Gasteiger partial charge in [0.1, 0.15) is 0 Å². The molecule has 2 atom stereocenters. The summed E-state index contributed by atoms with van der Waals surface area (Å²) in [5.74, 6) is 1.01. The number of nitrogens with one attached hydrogen (secondary N) is 1. The van der Waals surface area contributed by atoms with Gasteiger partial charge in [-0.05, 0) is 18.4 Å². The van der Waals surface area contributed by atoms with E-state index in [1.165, 1.54) is 0 Å². The lowest BCUT2D eigenvalue weighted by molar-refractivity contribution is -0.121. The van der Waals surface area contributed by atoms with Crippen LogP contribution in [0, 0.1) is 17.8 Å². The van der Waals surface area contributed by atoms with Gasteiger partial charge in [-0.2, -0.15) is 0 Å². The Morgan fingerprint density at radius 2 is 1.77 bits per heavy atom. The van der Waals surface area contributed by atoms with E-state index in [2.05, 4.69) is 26.1 Å². The molecule has 1 amide bonds. The summed E-state index contributed by atoms with van der Waals surface area (Å²) in [6.07, 6.45) is 0. The van der Waals surface area contributed by atoms with Crippen LogP contribution in [-0.2, 0) is 4.79 Å². The minimum absolute atomic E-state index is 0.0700. The molecule has 3 nitrogen and oxygen atoms in total. The van der Waals surface area contributed by atoms with Crippen molar-refractivity contribution < 1.29 is 4.79 Å². The number of primary amides is 1. The number of nitrogens with two attached hydrogens (primary N) is 1. The maximum Gasteiger partial charge on any atom is 0.221 e. The zero-order chi connectivity index (χ0) is 10.4. The van der Waals surface area contributed by atoms with Gasteiger partial charge in [0.2, 0.25) is 5.91 Å². The molecule has 0 radical (unpaired) electrons. The number of carbonyl (C=O) groups excluding carboxylic acids is 1. The van der Waals surface area contributed by atoms with E-state index in [9.17, 15) is 4.79 Å². The average molecular weight is 186 g/mol. The first-order chi connectivity index (χ1) is 5.95. The quantitative estimate of drug-likeness (QED) is 0.650. The molecule has 0 aromatic carbocycles. The van der Waals surface area contributed by atoms with E-state index < -0.39 is 0 Å². The van der Waals surface area contributed by atoms with Crippen molar-refractivity contribution in [1.82, 2.24) is 5.32 Å². The monoisotopic (exact) mass is 186 g/mol. The Morgan fingerprint density at radius 3 is 2.15 bits per heavy atom. The van der Waals surface area contributed by atoms with Gasteiger partial charge in [0.05, 0.1) is 0 Å². The molecule has 3 heteroatoms. The van der Waals surface area contributed by atoms with E-state index in [0.717, 1.165) is 6.54 Å². The van der Waals surface area contributed by atoms with E-state index in [4.69, 9.17) is 5.73 Å². The summed E-state index contributed by atoms with van der Waals surface area (Å²) in [6, 6.07) is 0. The number of hydrogen-bond donors (Lipinski definition) is 2. The maximum atomic E-state index is 10.7. The first-order valence-corrected chi connectivity index (χ1v) is 4.95. The van der Waals surface area contributed by atoms with Crippen LogP contribution >= 0.6 is 0 Å². The highest BCUT2D eigenvalue weighted by Gasteiger charge is 2.10. The molecule has 0 aromatic heterocycles. The van der Waals surface area contributed by atoms with Gasteiger partial charge in [0, 0.05) is 12.5 Å². The predicted octanol–water partition coefficient (Wildman–Crippen LogP) is 0.989. The third kappa shape index (κ3) is 5.64. The normalized spacial score (nSPS) is 15.8. The van der Waals surface area contributed by atoms with Gasteiger partial charge < -0.3 is 11.1 Å².